The molecule has 11 heteroatoms. The lowest BCUT2D eigenvalue weighted by atomic mass is 10.1. The minimum atomic E-state index is -3.51. The van der Waals surface area contributed by atoms with Crippen molar-refractivity contribution in [2.24, 2.45) is 5.73 Å². The van der Waals surface area contributed by atoms with Gasteiger partial charge in [-0.1, -0.05) is 6.07 Å². The summed E-state index contributed by atoms with van der Waals surface area (Å²) in [6.45, 7) is 3.17. The van der Waals surface area contributed by atoms with Gasteiger partial charge < -0.3 is 16.4 Å². The first kappa shape index (κ1) is 23.9. The summed E-state index contributed by atoms with van der Waals surface area (Å²) in [4.78, 5) is 15.9. The van der Waals surface area contributed by atoms with E-state index >= 15 is 0 Å². The number of nitrogens with zero attached hydrogens (tertiary/aromatic N) is 1. The van der Waals surface area contributed by atoms with Gasteiger partial charge in [0, 0.05) is 30.6 Å². The molecule has 0 saturated heterocycles. The minimum Gasteiger partial charge on any atom is -0.380 e. The molecule has 0 fully saturated rings. The van der Waals surface area contributed by atoms with E-state index in [1.54, 1.807) is 38.1 Å². The maximum atomic E-state index is 13.4. The number of halogens is 2. The van der Waals surface area contributed by atoms with Crippen LogP contribution in [0.2, 0.25) is 0 Å². The van der Waals surface area contributed by atoms with Crippen LogP contribution in [0.5, 0.6) is 0 Å². The van der Waals surface area contributed by atoms with E-state index in [0.29, 0.717) is 28.4 Å². The molecule has 0 saturated carbocycles. The van der Waals surface area contributed by atoms with Gasteiger partial charge in [-0.25, -0.2) is 22.2 Å². The summed E-state index contributed by atoms with van der Waals surface area (Å²) in [5, 5.41) is 5.37. The number of nitrogens with one attached hydrogen (secondary N) is 3. The van der Waals surface area contributed by atoms with Gasteiger partial charge in [0.15, 0.2) is 0 Å². The Balaban J connectivity index is 1.82. The number of primary amides is 1. The van der Waals surface area contributed by atoms with Gasteiger partial charge in [-0.05, 0) is 49.7 Å². The summed E-state index contributed by atoms with van der Waals surface area (Å²) in [5.41, 5.74) is 7.05. The number of hydrogen-bond donors (Lipinski definition) is 4. The highest BCUT2D eigenvalue weighted by atomic mass is 32.2. The van der Waals surface area contributed by atoms with Crippen LogP contribution in [-0.2, 0) is 16.6 Å². The number of nitrogens with two attached hydrogens (primary N) is 1. The molecule has 0 aliphatic carbocycles. The summed E-state index contributed by atoms with van der Waals surface area (Å²) in [5.74, 6) is -1.83. The molecule has 0 aliphatic heterocycles. The van der Waals surface area contributed by atoms with Gasteiger partial charge in [-0.2, -0.15) is 0 Å². The van der Waals surface area contributed by atoms with Crippen molar-refractivity contribution < 1.29 is 22.0 Å². The van der Waals surface area contributed by atoms with E-state index < -0.39 is 32.8 Å². The molecule has 33 heavy (non-hydrogen) atoms. The third-order valence-corrected chi connectivity index (χ3v) is 6.35. The first-order valence-electron chi connectivity index (χ1n) is 9.91. The van der Waals surface area contributed by atoms with E-state index in [-0.39, 0.29) is 12.1 Å². The standard InChI is InChI=1S/C22H23F2N5O3S/c1-13(2)33(31,32)29-18-5-3-4-17(9-18)28-21-10-20(19(12-27-21)22(25)30)26-11-14-6-15(23)8-16(24)7-14/h3-10,12-13,29H,11H2,1-2H3,(H2,25,30)(H2,26,27,28). The van der Waals surface area contributed by atoms with Crippen LogP contribution in [0, 0.1) is 11.6 Å². The molecular weight excluding hydrogens is 452 g/mol. The van der Waals surface area contributed by atoms with Crippen LogP contribution in [0.25, 0.3) is 0 Å². The van der Waals surface area contributed by atoms with E-state index in [4.69, 9.17) is 5.73 Å². The second-order valence-electron chi connectivity index (χ2n) is 7.51. The lowest BCUT2D eigenvalue weighted by Gasteiger charge is -2.14. The van der Waals surface area contributed by atoms with Gasteiger partial charge in [0.2, 0.25) is 10.0 Å². The Morgan fingerprint density at radius 3 is 2.36 bits per heavy atom. The van der Waals surface area contributed by atoms with Crippen molar-refractivity contribution in [2.45, 2.75) is 25.6 Å². The molecular formula is C22H23F2N5O3S. The Kier molecular flexibility index (Phi) is 7.12. The Labute approximate surface area is 190 Å². The van der Waals surface area contributed by atoms with Crippen molar-refractivity contribution >= 4 is 38.8 Å². The Morgan fingerprint density at radius 2 is 1.73 bits per heavy atom. The third kappa shape index (κ3) is 6.39. The Bertz CT molecular complexity index is 1260. The first-order chi connectivity index (χ1) is 15.5. The summed E-state index contributed by atoms with van der Waals surface area (Å²) >= 11 is 0. The zero-order valence-corrected chi connectivity index (χ0v) is 18.7. The van der Waals surface area contributed by atoms with Crippen molar-refractivity contribution in [3.8, 4) is 0 Å². The molecule has 0 atom stereocenters. The van der Waals surface area contributed by atoms with E-state index in [1.807, 2.05) is 0 Å². The fraction of sp³-hybridized carbons (Fsp3) is 0.182. The second kappa shape index (κ2) is 9.82. The van der Waals surface area contributed by atoms with Gasteiger partial charge in [0.05, 0.1) is 22.2 Å². The molecule has 8 nitrogen and oxygen atoms in total. The summed E-state index contributed by atoms with van der Waals surface area (Å²) in [6.07, 6.45) is 1.27. The second-order valence-corrected chi connectivity index (χ2v) is 9.75. The van der Waals surface area contributed by atoms with Crippen LogP contribution < -0.4 is 21.1 Å². The fourth-order valence-electron chi connectivity index (χ4n) is 2.87. The highest BCUT2D eigenvalue weighted by Crippen LogP contribution is 2.24. The molecule has 1 amide bonds. The van der Waals surface area contributed by atoms with Crippen LogP contribution in [0.4, 0.5) is 31.7 Å². The predicted octanol–water partition coefficient (Wildman–Crippen LogP) is 3.96. The van der Waals surface area contributed by atoms with Crippen molar-refractivity contribution in [3.05, 3.63) is 77.5 Å². The minimum absolute atomic E-state index is 0.0326. The highest BCUT2D eigenvalue weighted by molar-refractivity contribution is 7.93. The van der Waals surface area contributed by atoms with Crippen LogP contribution >= 0.6 is 0 Å². The quantitative estimate of drug-likeness (QED) is 0.371. The zero-order chi connectivity index (χ0) is 24.2. The lowest BCUT2D eigenvalue weighted by molar-refractivity contribution is 0.100. The van der Waals surface area contributed by atoms with Crippen LogP contribution in [0.3, 0.4) is 0 Å². The number of sulfonamides is 1. The van der Waals surface area contributed by atoms with Gasteiger partial charge in [-0.15, -0.1) is 0 Å². The van der Waals surface area contributed by atoms with E-state index in [9.17, 15) is 22.0 Å². The number of pyridine rings is 1. The SMILES string of the molecule is CC(C)S(=O)(=O)Nc1cccc(Nc2cc(NCc3cc(F)cc(F)c3)c(C(N)=O)cn2)c1. The largest absolute Gasteiger partial charge is 0.380 e. The van der Waals surface area contributed by atoms with E-state index in [1.165, 1.54) is 24.4 Å². The number of carbonyl (C=O) groups is 1. The first-order valence-corrected chi connectivity index (χ1v) is 11.5. The third-order valence-electron chi connectivity index (χ3n) is 4.59. The highest BCUT2D eigenvalue weighted by Gasteiger charge is 2.16. The van der Waals surface area contributed by atoms with Gasteiger partial charge in [0.1, 0.15) is 17.5 Å². The van der Waals surface area contributed by atoms with Crippen molar-refractivity contribution in [2.75, 3.05) is 15.4 Å². The van der Waals surface area contributed by atoms with Gasteiger partial charge in [0.25, 0.3) is 5.91 Å². The number of carbonyl (C=O) groups excluding carboxylic acids is 1. The van der Waals surface area contributed by atoms with Crippen LogP contribution in [0.1, 0.15) is 29.8 Å². The maximum Gasteiger partial charge on any atom is 0.252 e. The fourth-order valence-corrected chi connectivity index (χ4v) is 3.56. The molecule has 5 N–H and O–H groups in total. The molecule has 3 rings (SSSR count). The summed E-state index contributed by atoms with van der Waals surface area (Å²) in [7, 11) is -3.51. The Hall–Kier alpha value is -3.73. The zero-order valence-electron chi connectivity index (χ0n) is 17.9. The summed E-state index contributed by atoms with van der Waals surface area (Å²) < 4.78 is 53.6. The Morgan fingerprint density at radius 1 is 1.06 bits per heavy atom. The number of benzene rings is 2. The van der Waals surface area contributed by atoms with Crippen molar-refractivity contribution in [1.29, 1.82) is 0 Å². The molecule has 1 heterocycles. The van der Waals surface area contributed by atoms with Gasteiger partial charge >= 0.3 is 0 Å². The average molecular weight is 476 g/mol. The smallest absolute Gasteiger partial charge is 0.252 e. The normalized spacial score (nSPS) is 11.3. The molecule has 0 unspecified atom stereocenters. The molecule has 0 spiro atoms. The number of hydrogen-bond acceptors (Lipinski definition) is 6. The maximum absolute atomic E-state index is 13.4. The number of rotatable bonds is 9. The average Bonchev–Trinajstić information content (AvgIpc) is 2.71. The monoisotopic (exact) mass is 475 g/mol. The van der Waals surface area contributed by atoms with E-state index in [0.717, 1.165) is 6.07 Å². The molecule has 0 aliphatic rings. The molecule has 2 aromatic carbocycles. The molecule has 0 bridgehead atoms. The topological polar surface area (TPSA) is 126 Å². The van der Waals surface area contributed by atoms with Crippen LogP contribution in [-0.4, -0.2) is 24.6 Å². The van der Waals surface area contributed by atoms with Gasteiger partial charge in [-0.3, -0.25) is 9.52 Å². The predicted molar refractivity (Wildman–Crippen MR) is 124 cm³/mol. The molecule has 1 aromatic heterocycles. The molecule has 174 valence electrons. The number of anilines is 4. The van der Waals surface area contributed by atoms with Crippen molar-refractivity contribution in [3.63, 3.8) is 0 Å². The molecule has 0 radical (unpaired) electrons. The lowest BCUT2D eigenvalue weighted by Crippen LogP contribution is -2.22. The van der Waals surface area contributed by atoms with E-state index in [2.05, 4.69) is 20.3 Å². The summed E-state index contributed by atoms with van der Waals surface area (Å²) in [6, 6.07) is 11.2. The van der Waals surface area contributed by atoms with Crippen LogP contribution in [0.15, 0.2) is 54.7 Å². The number of amides is 1. The number of aromatic nitrogens is 1. The van der Waals surface area contributed by atoms with Crippen molar-refractivity contribution in [1.82, 2.24) is 4.98 Å². The molecule has 3 aromatic rings.